The van der Waals surface area contributed by atoms with Crippen LogP contribution in [0.25, 0.3) is 11.1 Å². The molecule has 2 atom stereocenters. The molecule has 2 aromatic carbocycles. The van der Waals surface area contributed by atoms with Gasteiger partial charge in [-0.25, -0.2) is 9.97 Å². The van der Waals surface area contributed by atoms with Crippen molar-refractivity contribution in [2.45, 2.75) is 45.7 Å². The summed E-state index contributed by atoms with van der Waals surface area (Å²) >= 11 is 0. The number of benzene rings is 2. The van der Waals surface area contributed by atoms with Gasteiger partial charge < -0.3 is 10.2 Å². The van der Waals surface area contributed by atoms with E-state index < -0.39 is 0 Å². The third-order valence-corrected chi connectivity index (χ3v) is 7.51. The predicted octanol–water partition coefficient (Wildman–Crippen LogP) is 4.17. The van der Waals surface area contributed by atoms with Crippen molar-refractivity contribution in [3.63, 3.8) is 0 Å². The Morgan fingerprint density at radius 2 is 1.69 bits per heavy atom. The fourth-order valence-electron chi connectivity index (χ4n) is 5.30. The molecule has 1 unspecified atom stereocenters. The zero-order valence-electron chi connectivity index (χ0n) is 21.2. The van der Waals surface area contributed by atoms with Gasteiger partial charge >= 0.3 is 0 Å². The molecule has 0 spiro atoms. The lowest BCUT2D eigenvalue weighted by molar-refractivity contribution is 0.0570. The van der Waals surface area contributed by atoms with Crippen molar-refractivity contribution in [1.29, 1.82) is 0 Å². The largest absolute Gasteiger partial charge is 0.345 e. The zero-order valence-corrected chi connectivity index (χ0v) is 21.2. The predicted molar refractivity (Wildman–Crippen MR) is 140 cm³/mol. The first-order valence-corrected chi connectivity index (χ1v) is 12.7. The van der Waals surface area contributed by atoms with Gasteiger partial charge in [-0.05, 0) is 69.0 Å². The second-order valence-corrected chi connectivity index (χ2v) is 9.90. The second-order valence-electron chi connectivity index (χ2n) is 9.90. The number of amides is 2. The molecule has 186 valence electrons. The molecule has 36 heavy (non-hydrogen) atoms. The van der Waals surface area contributed by atoms with E-state index in [1.165, 1.54) is 6.42 Å². The van der Waals surface area contributed by atoms with Gasteiger partial charge in [0, 0.05) is 54.8 Å². The molecule has 7 nitrogen and oxygen atoms in total. The Labute approximate surface area is 212 Å². The fraction of sp³-hybridized carbons (Fsp3) is 0.379. The lowest BCUT2D eigenvalue weighted by atomic mass is 9.93. The number of rotatable bonds is 5. The molecular formula is C29H33N5O2. The number of piperazine rings is 1. The summed E-state index contributed by atoms with van der Waals surface area (Å²) in [7, 11) is 0. The third-order valence-electron chi connectivity index (χ3n) is 7.51. The summed E-state index contributed by atoms with van der Waals surface area (Å²) in [6.45, 7) is 9.13. The van der Waals surface area contributed by atoms with Crippen molar-refractivity contribution in [3.05, 3.63) is 82.9 Å². The molecule has 0 bridgehead atoms. The van der Waals surface area contributed by atoms with Crippen LogP contribution in [0.3, 0.4) is 0 Å². The van der Waals surface area contributed by atoms with Crippen LogP contribution in [0, 0.1) is 13.8 Å². The van der Waals surface area contributed by atoms with Crippen molar-refractivity contribution >= 4 is 11.8 Å². The Hall–Kier alpha value is -3.58. The number of aryl methyl sites for hydroxylation is 1. The van der Waals surface area contributed by atoms with Gasteiger partial charge in [-0.3, -0.25) is 14.5 Å². The molecule has 2 saturated heterocycles. The quantitative estimate of drug-likeness (QED) is 0.589. The Kier molecular flexibility index (Phi) is 6.83. The van der Waals surface area contributed by atoms with Crippen LogP contribution >= 0.6 is 0 Å². The number of carbonyl (C=O) groups excluding carboxylic acids is 2. The lowest BCUT2D eigenvalue weighted by Gasteiger charge is -2.37. The summed E-state index contributed by atoms with van der Waals surface area (Å²) in [4.78, 5) is 40.3. The summed E-state index contributed by atoms with van der Waals surface area (Å²) in [6, 6.07) is 13.9. The van der Waals surface area contributed by atoms with E-state index in [1.54, 1.807) is 12.4 Å². The van der Waals surface area contributed by atoms with Crippen molar-refractivity contribution in [3.8, 4) is 11.1 Å². The third kappa shape index (κ3) is 4.88. The number of nitrogens with zero attached hydrogens (tertiary/aromatic N) is 4. The highest BCUT2D eigenvalue weighted by atomic mass is 16.2. The van der Waals surface area contributed by atoms with E-state index in [2.05, 4.69) is 20.2 Å². The van der Waals surface area contributed by atoms with Crippen LogP contribution in [-0.2, 0) is 0 Å². The Bertz CT molecular complexity index is 1260. The molecule has 3 aromatic rings. The Morgan fingerprint density at radius 1 is 0.972 bits per heavy atom. The van der Waals surface area contributed by atoms with E-state index in [-0.39, 0.29) is 17.9 Å². The van der Waals surface area contributed by atoms with Crippen LogP contribution in [0.1, 0.15) is 63.5 Å². The number of carbonyl (C=O) groups is 2. The van der Waals surface area contributed by atoms with Gasteiger partial charge in [-0.15, -0.1) is 0 Å². The first-order valence-electron chi connectivity index (χ1n) is 12.7. The SMILES string of the molecule is Cc1ncc([C@@H](C)NC(=O)c2cc(-c3ccccc3)cc(C(=O)N3CCN4CCCC4C3)c2C)cn1. The van der Waals surface area contributed by atoms with Crippen molar-refractivity contribution in [2.75, 3.05) is 26.2 Å². The van der Waals surface area contributed by atoms with Crippen molar-refractivity contribution in [2.24, 2.45) is 0 Å². The topological polar surface area (TPSA) is 78.4 Å². The smallest absolute Gasteiger partial charge is 0.254 e. The summed E-state index contributed by atoms with van der Waals surface area (Å²) in [6.07, 6.45) is 5.81. The highest BCUT2D eigenvalue weighted by Crippen LogP contribution is 2.29. The molecule has 2 aliphatic rings. The number of nitrogens with one attached hydrogen (secondary N) is 1. The maximum absolute atomic E-state index is 13.8. The van der Waals surface area contributed by atoms with Crippen LogP contribution in [0.5, 0.6) is 0 Å². The second kappa shape index (κ2) is 10.2. The molecule has 1 N–H and O–H groups in total. The van der Waals surface area contributed by atoms with E-state index in [9.17, 15) is 9.59 Å². The molecule has 5 rings (SSSR count). The molecule has 7 heteroatoms. The summed E-state index contributed by atoms with van der Waals surface area (Å²) in [5.41, 5.74) is 4.48. The molecule has 2 aliphatic heterocycles. The zero-order chi connectivity index (χ0) is 25.2. The monoisotopic (exact) mass is 483 g/mol. The minimum atomic E-state index is -0.271. The lowest BCUT2D eigenvalue weighted by Crippen LogP contribution is -2.52. The average Bonchev–Trinajstić information content (AvgIpc) is 3.37. The fourth-order valence-corrected chi connectivity index (χ4v) is 5.30. The molecule has 2 fully saturated rings. The van der Waals surface area contributed by atoms with E-state index in [0.717, 1.165) is 49.3 Å². The van der Waals surface area contributed by atoms with Gasteiger partial charge in [0.2, 0.25) is 0 Å². The number of fused-ring (bicyclic) bond motifs is 1. The maximum Gasteiger partial charge on any atom is 0.254 e. The van der Waals surface area contributed by atoms with Gasteiger partial charge in [0.15, 0.2) is 0 Å². The summed E-state index contributed by atoms with van der Waals surface area (Å²) < 4.78 is 0. The maximum atomic E-state index is 13.8. The van der Waals surface area contributed by atoms with Crippen LogP contribution in [0.15, 0.2) is 54.9 Å². The van der Waals surface area contributed by atoms with E-state index in [0.29, 0.717) is 28.6 Å². The van der Waals surface area contributed by atoms with Crippen LogP contribution in [-0.4, -0.2) is 63.8 Å². The Balaban J connectivity index is 1.47. The number of hydrogen-bond acceptors (Lipinski definition) is 5. The van der Waals surface area contributed by atoms with E-state index >= 15 is 0 Å². The minimum Gasteiger partial charge on any atom is -0.345 e. The first-order chi connectivity index (χ1) is 17.4. The van der Waals surface area contributed by atoms with Crippen molar-refractivity contribution in [1.82, 2.24) is 25.1 Å². The molecular weight excluding hydrogens is 450 g/mol. The molecule has 1 aromatic heterocycles. The van der Waals surface area contributed by atoms with Gasteiger partial charge in [-0.2, -0.15) is 0 Å². The highest BCUT2D eigenvalue weighted by molar-refractivity contribution is 6.04. The first kappa shape index (κ1) is 24.1. The molecule has 0 radical (unpaired) electrons. The van der Waals surface area contributed by atoms with E-state index in [4.69, 9.17) is 0 Å². The van der Waals surface area contributed by atoms with Gasteiger partial charge in [-0.1, -0.05) is 30.3 Å². The van der Waals surface area contributed by atoms with Gasteiger partial charge in [0.05, 0.1) is 6.04 Å². The number of hydrogen-bond donors (Lipinski definition) is 1. The van der Waals surface area contributed by atoms with Crippen LogP contribution in [0.2, 0.25) is 0 Å². The van der Waals surface area contributed by atoms with Crippen LogP contribution in [0.4, 0.5) is 0 Å². The Morgan fingerprint density at radius 3 is 2.44 bits per heavy atom. The average molecular weight is 484 g/mol. The highest BCUT2D eigenvalue weighted by Gasteiger charge is 2.33. The van der Waals surface area contributed by atoms with E-state index in [1.807, 2.05) is 68.1 Å². The van der Waals surface area contributed by atoms with Gasteiger partial charge in [0.1, 0.15) is 5.82 Å². The molecule has 0 aliphatic carbocycles. The number of aromatic nitrogens is 2. The molecule has 2 amide bonds. The normalized spacial score (nSPS) is 18.5. The summed E-state index contributed by atoms with van der Waals surface area (Å²) in [5.74, 6) is 0.476. The molecule has 0 saturated carbocycles. The standard InChI is InChI=1S/C29H33N5O2/c1-19-26(28(35)32-20(2)24-16-30-21(3)31-17-24)14-23(22-8-5-4-6-9-22)15-27(19)29(36)34-13-12-33-11-7-10-25(33)18-34/h4-6,8-9,14-17,20,25H,7,10-13,18H2,1-3H3,(H,32,35)/t20-,25?/m1/s1. The molecule has 3 heterocycles. The summed E-state index contributed by atoms with van der Waals surface area (Å²) in [5, 5.41) is 3.08. The van der Waals surface area contributed by atoms with Crippen molar-refractivity contribution < 1.29 is 9.59 Å². The van der Waals surface area contributed by atoms with Crippen LogP contribution < -0.4 is 5.32 Å². The minimum absolute atomic E-state index is 0.00543. The van der Waals surface area contributed by atoms with Gasteiger partial charge in [0.25, 0.3) is 11.8 Å².